The van der Waals surface area contributed by atoms with E-state index < -0.39 is 12.1 Å². The van der Waals surface area contributed by atoms with Gasteiger partial charge in [-0.3, -0.25) is 9.69 Å². The Labute approximate surface area is 218 Å². The number of carbonyl (C=O) groups excluding carboxylic acids is 1. The average Bonchev–Trinajstić information content (AvgIpc) is 3.19. The lowest BCUT2D eigenvalue weighted by molar-refractivity contribution is -0.192. The minimum atomic E-state index is -5.08. The van der Waals surface area contributed by atoms with Crippen molar-refractivity contribution in [1.29, 1.82) is 0 Å². The van der Waals surface area contributed by atoms with E-state index in [1.54, 1.807) is 12.1 Å². The van der Waals surface area contributed by atoms with Crippen molar-refractivity contribution in [2.45, 2.75) is 24.4 Å². The standard InChI is InChI=1S/C25H30FN3O2.C2HF3O2/c1-27-9-11-28(12-10-27)17-24(30)29-18-25(7-13-31-14-8-25)22-16-20(5-6-23(22)29)19-3-2-4-21(26)15-19;3-2(4,5)1(6)7/h2-6,15-16H,7-14,17-18H2,1H3;(H,6,7). The minimum Gasteiger partial charge on any atom is -0.475 e. The van der Waals surface area contributed by atoms with E-state index in [1.807, 2.05) is 17.0 Å². The molecule has 1 N–H and O–H groups in total. The summed E-state index contributed by atoms with van der Waals surface area (Å²) in [5.41, 5.74) is 4.02. The van der Waals surface area contributed by atoms with Gasteiger partial charge in [-0.15, -0.1) is 0 Å². The molecule has 7 nitrogen and oxygen atoms in total. The third-order valence-corrected chi connectivity index (χ3v) is 7.43. The molecule has 0 aliphatic carbocycles. The number of anilines is 1. The molecule has 0 radical (unpaired) electrons. The molecule has 1 spiro atoms. The van der Waals surface area contributed by atoms with Crippen LogP contribution < -0.4 is 4.90 Å². The molecule has 2 saturated heterocycles. The summed E-state index contributed by atoms with van der Waals surface area (Å²) >= 11 is 0. The molecule has 0 atom stereocenters. The first-order valence-corrected chi connectivity index (χ1v) is 12.5. The Balaban J connectivity index is 0.000000426. The Morgan fingerprint density at radius 1 is 1.00 bits per heavy atom. The molecule has 0 aromatic heterocycles. The van der Waals surface area contributed by atoms with Crippen LogP contribution in [0.4, 0.5) is 23.2 Å². The van der Waals surface area contributed by atoms with Crippen molar-refractivity contribution in [3.05, 3.63) is 53.8 Å². The Morgan fingerprint density at radius 3 is 2.24 bits per heavy atom. The fourth-order valence-electron chi connectivity index (χ4n) is 5.21. The molecule has 3 aliphatic rings. The van der Waals surface area contributed by atoms with Crippen LogP contribution in [0.5, 0.6) is 0 Å². The lowest BCUT2D eigenvalue weighted by Crippen LogP contribution is -2.49. The number of hydrogen-bond acceptors (Lipinski definition) is 5. The van der Waals surface area contributed by atoms with Crippen molar-refractivity contribution >= 4 is 17.6 Å². The van der Waals surface area contributed by atoms with Crippen LogP contribution in [0.3, 0.4) is 0 Å². The number of amides is 1. The zero-order chi connectivity index (χ0) is 27.5. The van der Waals surface area contributed by atoms with Gasteiger partial charge in [0.2, 0.25) is 5.91 Å². The summed E-state index contributed by atoms with van der Waals surface area (Å²) < 4.78 is 51.2. The number of carbonyl (C=O) groups is 2. The Bertz CT molecular complexity index is 1160. The van der Waals surface area contributed by atoms with Crippen molar-refractivity contribution < 1.29 is 37.0 Å². The number of alkyl halides is 3. The number of hydrogen-bond donors (Lipinski definition) is 1. The number of likely N-dealkylation sites (N-methyl/N-ethyl adjacent to an activating group) is 1. The van der Waals surface area contributed by atoms with E-state index in [0.717, 1.165) is 55.8 Å². The Kier molecular flexibility index (Phi) is 8.39. The molecule has 1 amide bonds. The topological polar surface area (TPSA) is 73.3 Å². The predicted molar refractivity (Wildman–Crippen MR) is 134 cm³/mol. The molecule has 2 aromatic rings. The molecule has 11 heteroatoms. The van der Waals surface area contributed by atoms with Crippen LogP contribution in [0.15, 0.2) is 42.5 Å². The van der Waals surface area contributed by atoms with Crippen LogP contribution in [-0.2, 0) is 19.7 Å². The van der Waals surface area contributed by atoms with Crippen LogP contribution in [0.1, 0.15) is 18.4 Å². The lowest BCUT2D eigenvalue weighted by Gasteiger charge is -2.35. The van der Waals surface area contributed by atoms with E-state index in [1.165, 1.54) is 11.6 Å². The van der Waals surface area contributed by atoms with Crippen molar-refractivity contribution in [3.63, 3.8) is 0 Å². The van der Waals surface area contributed by atoms with Crippen LogP contribution in [0.2, 0.25) is 0 Å². The largest absolute Gasteiger partial charge is 0.490 e. The smallest absolute Gasteiger partial charge is 0.475 e. The summed E-state index contributed by atoms with van der Waals surface area (Å²) in [5, 5.41) is 7.12. The molecule has 3 heterocycles. The van der Waals surface area contributed by atoms with Crippen LogP contribution in [-0.4, -0.2) is 92.5 Å². The molecular formula is C27H31F4N3O4. The van der Waals surface area contributed by atoms with Gasteiger partial charge in [0.15, 0.2) is 0 Å². The molecule has 3 aliphatic heterocycles. The van der Waals surface area contributed by atoms with E-state index in [0.29, 0.717) is 26.3 Å². The first-order chi connectivity index (χ1) is 18.0. The summed E-state index contributed by atoms with van der Waals surface area (Å²) in [6, 6.07) is 13.0. The maximum absolute atomic E-state index is 13.8. The number of carboxylic acids is 1. The van der Waals surface area contributed by atoms with Gasteiger partial charge in [0.1, 0.15) is 5.82 Å². The summed E-state index contributed by atoms with van der Waals surface area (Å²) in [7, 11) is 2.13. The van der Waals surface area contributed by atoms with Gasteiger partial charge in [0.25, 0.3) is 0 Å². The van der Waals surface area contributed by atoms with E-state index in [9.17, 15) is 22.4 Å². The second-order valence-electron chi connectivity index (χ2n) is 10.00. The number of ether oxygens (including phenoxy) is 1. The minimum absolute atomic E-state index is 0.0747. The Morgan fingerprint density at radius 2 is 1.63 bits per heavy atom. The predicted octanol–water partition coefficient (Wildman–Crippen LogP) is 3.77. The van der Waals surface area contributed by atoms with Gasteiger partial charge >= 0.3 is 12.1 Å². The maximum atomic E-state index is 13.8. The second-order valence-corrected chi connectivity index (χ2v) is 10.00. The molecule has 5 rings (SSSR count). The Hall–Kier alpha value is -3.02. The highest BCUT2D eigenvalue weighted by Crippen LogP contribution is 2.48. The van der Waals surface area contributed by atoms with Crippen molar-refractivity contribution in [2.75, 3.05) is 64.4 Å². The number of piperazine rings is 1. The average molecular weight is 538 g/mol. The molecule has 0 saturated carbocycles. The third kappa shape index (κ3) is 6.33. The van der Waals surface area contributed by atoms with E-state index >= 15 is 0 Å². The van der Waals surface area contributed by atoms with Gasteiger partial charge in [0, 0.05) is 57.0 Å². The molecule has 38 heavy (non-hydrogen) atoms. The maximum Gasteiger partial charge on any atom is 0.490 e. The summed E-state index contributed by atoms with van der Waals surface area (Å²) in [5.74, 6) is -2.82. The number of fused-ring (bicyclic) bond motifs is 2. The fourth-order valence-corrected chi connectivity index (χ4v) is 5.21. The number of benzene rings is 2. The fraction of sp³-hybridized carbons (Fsp3) is 0.481. The molecule has 206 valence electrons. The SMILES string of the molecule is CN1CCN(CC(=O)N2CC3(CCOCC3)c3cc(-c4cccc(F)c4)ccc32)CC1.O=C(O)C(F)(F)F. The van der Waals surface area contributed by atoms with Crippen LogP contribution in [0, 0.1) is 5.82 Å². The van der Waals surface area contributed by atoms with Gasteiger partial charge in [-0.25, -0.2) is 9.18 Å². The van der Waals surface area contributed by atoms with E-state index in [4.69, 9.17) is 14.6 Å². The molecular weight excluding hydrogens is 506 g/mol. The monoisotopic (exact) mass is 537 g/mol. The number of carboxylic acid groups (broad SMARTS) is 1. The third-order valence-electron chi connectivity index (χ3n) is 7.43. The van der Waals surface area contributed by atoms with Gasteiger partial charge < -0.3 is 19.6 Å². The van der Waals surface area contributed by atoms with Crippen molar-refractivity contribution in [2.24, 2.45) is 0 Å². The molecule has 2 aromatic carbocycles. The molecule has 0 unspecified atom stereocenters. The summed E-state index contributed by atoms with van der Waals surface area (Å²) in [4.78, 5) is 28.8. The summed E-state index contributed by atoms with van der Waals surface area (Å²) in [6.45, 7) is 6.47. The first kappa shape index (κ1) is 28.0. The number of nitrogens with zero attached hydrogens (tertiary/aromatic N) is 3. The highest BCUT2D eigenvalue weighted by atomic mass is 19.4. The first-order valence-electron chi connectivity index (χ1n) is 12.5. The number of rotatable bonds is 3. The zero-order valence-corrected chi connectivity index (χ0v) is 21.1. The zero-order valence-electron chi connectivity index (χ0n) is 21.1. The van der Waals surface area contributed by atoms with Gasteiger partial charge in [-0.1, -0.05) is 18.2 Å². The van der Waals surface area contributed by atoms with Crippen molar-refractivity contribution in [3.8, 4) is 11.1 Å². The highest BCUT2D eigenvalue weighted by Gasteiger charge is 2.46. The van der Waals surface area contributed by atoms with Gasteiger partial charge in [0.05, 0.1) is 6.54 Å². The number of halogens is 4. The number of aliphatic carboxylic acids is 1. The quantitative estimate of drug-likeness (QED) is 0.602. The lowest BCUT2D eigenvalue weighted by atomic mass is 9.75. The molecule has 2 fully saturated rings. The summed E-state index contributed by atoms with van der Waals surface area (Å²) in [6.07, 6.45) is -3.27. The van der Waals surface area contributed by atoms with Crippen LogP contribution in [0.25, 0.3) is 11.1 Å². The molecule has 0 bridgehead atoms. The van der Waals surface area contributed by atoms with E-state index in [-0.39, 0.29) is 17.1 Å². The second kappa shape index (κ2) is 11.4. The van der Waals surface area contributed by atoms with Crippen molar-refractivity contribution in [1.82, 2.24) is 9.80 Å². The highest BCUT2D eigenvalue weighted by molar-refractivity contribution is 5.98. The van der Waals surface area contributed by atoms with Gasteiger partial charge in [-0.2, -0.15) is 13.2 Å². The normalized spacial score (nSPS) is 19.6. The van der Waals surface area contributed by atoms with Gasteiger partial charge in [-0.05, 0) is 60.8 Å². The van der Waals surface area contributed by atoms with E-state index in [2.05, 4.69) is 29.0 Å². The van der Waals surface area contributed by atoms with Crippen LogP contribution >= 0.6 is 0 Å².